The van der Waals surface area contributed by atoms with Crippen LogP contribution in [-0.2, 0) is 9.53 Å². The second-order valence-corrected chi connectivity index (χ2v) is 5.13. The minimum Gasteiger partial charge on any atom is -0.459 e. The van der Waals surface area contributed by atoms with Crippen LogP contribution >= 0.6 is 0 Å². The van der Waals surface area contributed by atoms with Gasteiger partial charge >= 0.3 is 5.97 Å². The summed E-state index contributed by atoms with van der Waals surface area (Å²) in [7, 11) is 0. The molecule has 0 radical (unpaired) electrons. The quantitative estimate of drug-likeness (QED) is 0.607. The molecule has 0 aliphatic rings. The number of rotatable bonds is 2. The highest BCUT2D eigenvalue weighted by molar-refractivity contribution is 5.78. The molecule has 0 aromatic heterocycles. The number of nitrogen functional groups attached to an aromatic ring is 1. The fourth-order valence-corrected chi connectivity index (χ4v) is 1.49. The van der Waals surface area contributed by atoms with E-state index in [1.54, 1.807) is 12.1 Å². The SMILES string of the molecule is Cc1ccc(N)cc1C(N)C(=O)OC(C)(C)C. The molecule has 0 aliphatic heterocycles. The Bertz CT molecular complexity index is 422. The molecule has 94 valence electrons. The molecule has 0 saturated heterocycles. The van der Waals surface area contributed by atoms with E-state index in [1.807, 2.05) is 33.8 Å². The molecule has 1 aromatic rings. The van der Waals surface area contributed by atoms with Crippen LogP contribution in [0, 0.1) is 6.92 Å². The van der Waals surface area contributed by atoms with Crippen LogP contribution in [0.15, 0.2) is 18.2 Å². The maximum absolute atomic E-state index is 11.8. The number of esters is 1. The van der Waals surface area contributed by atoms with Gasteiger partial charge in [0.2, 0.25) is 0 Å². The Labute approximate surface area is 102 Å². The Kier molecular flexibility index (Phi) is 3.78. The lowest BCUT2D eigenvalue weighted by Gasteiger charge is -2.23. The molecule has 0 aliphatic carbocycles. The van der Waals surface area contributed by atoms with Crippen molar-refractivity contribution in [3.05, 3.63) is 29.3 Å². The first kappa shape index (κ1) is 13.5. The Morgan fingerprint density at radius 3 is 2.47 bits per heavy atom. The van der Waals surface area contributed by atoms with Crippen molar-refractivity contribution in [2.24, 2.45) is 5.73 Å². The van der Waals surface area contributed by atoms with Gasteiger partial charge in [-0.2, -0.15) is 0 Å². The van der Waals surface area contributed by atoms with E-state index in [4.69, 9.17) is 16.2 Å². The summed E-state index contributed by atoms with van der Waals surface area (Å²) >= 11 is 0. The molecule has 1 atom stereocenters. The molecule has 0 heterocycles. The van der Waals surface area contributed by atoms with Crippen molar-refractivity contribution in [1.29, 1.82) is 0 Å². The largest absolute Gasteiger partial charge is 0.459 e. The van der Waals surface area contributed by atoms with Crippen molar-refractivity contribution in [2.75, 3.05) is 5.73 Å². The van der Waals surface area contributed by atoms with Crippen molar-refractivity contribution in [2.45, 2.75) is 39.3 Å². The van der Waals surface area contributed by atoms with E-state index in [9.17, 15) is 4.79 Å². The zero-order valence-electron chi connectivity index (χ0n) is 10.8. The van der Waals surface area contributed by atoms with Gasteiger partial charge in [0.15, 0.2) is 0 Å². The molecule has 0 bridgehead atoms. The van der Waals surface area contributed by atoms with E-state index in [0.29, 0.717) is 11.3 Å². The first-order valence-corrected chi connectivity index (χ1v) is 5.55. The van der Waals surface area contributed by atoms with E-state index in [-0.39, 0.29) is 0 Å². The number of carbonyl (C=O) groups excluding carboxylic acids is 1. The third kappa shape index (κ3) is 3.75. The predicted molar refractivity (Wildman–Crippen MR) is 68.4 cm³/mol. The normalized spacial score (nSPS) is 13.2. The van der Waals surface area contributed by atoms with Crippen molar-refractivity contribution in [3.8, 4) is 0 Å². The van der Waals surface area contributed by atoms with Gasteiger partial charge in [-0.25, -0.2) is 4.79 Å². The van der Waals surface area contributed by atoms with Gasteiger partial charge in [0.05, 0.1) is 0 Å². The molecule has 1 unspecified atom stereocenters. The summed E-state index contributed by atoms with van der Waals surface area (Å²) in [5, 5.41) is 0. The summed E-state index contributed by atoms with van der Waals surface area (Å²) in [4.78, 5) is 11.8. The van der Waals surface area contributed by atoms with Crippen molar-refractivity contribution >= 4 is 11.7 Å². The van der Waals surface area contributed by atoms with E-state index < -0.39 is 17.6 Å². The predicted octanol–water partition coefficient (Wildman–Crippen LogP) is 1.92. The second-order valence-electron chi connectivity index (χ2n) is 5.13. The Hall–Kier alpha value is -1.55. The van der Waals surface area contributed by atoms with Crippen LogP contribution in [-0.4, -0.2) is 11.6 Å². The molecule has 0 saturated carbocycles. The standard InChI is InChI=1S/C13H20N2O2/c1-8-5-6-9(14)7-10(8)11(15)12(16)17-13(2,3)4/h5-7,11H,14-15H2,1-4H3. The number of carbonyl (C=O) groups is 1. The van der Waals surface area contributed by atoms with E-state index >= 15 is 0 Å². The van der Waals surface area contributed by atoms with Gasteiger partial charge in [-0.1, -0.05) is 6.07 Å². The maximum Gasteiger partial charge on any atom is 0.328 e. The zero-order chi connectivity index (χ0) is 13.2. The summed E-state index contributed by atoms with van der Waals surface area (Å²) < 4.78 is 5.24. The first-order chi connectivity index (χ1) is 7.70. The average Bonchev–Trinajstić information content (AvgIpc) is 2.18. The molecule has 17 heavy (non-hydrogen) atoms. The van der Waals surface area contributed by atoms with Crippen LogP contribution in [0.1, 0.15) is 37.9 Å². The second kappa shape index (κ2) is 4.75. The molecule has 1 rings (SSSR count). The minimum atomic E-state index is -0.794. The summed E-state index contributed by atoms with van der Waals surface area (Å²) in [5.74, 6) is -0.439. The van der Waals surface area contributed by atoms with Gasteiger partial charge in [-0.05, 0) is 51.0 Å². The lowest BCUT2D eigenvalue weighted by molar-refractivity contribution is -0.156. The highest BCUT2D eigenvalue weighted by Gasteiger charge is 2.24. The molecular weight excluding hydrogens is 216 g/mol. The topological polar surface area (TPSA) is 78.3 Å². The van der Waals surface area contributed by atoms with Crippen LogP contribution in [0.4, 0.5) is 5.69 Å². The number of hydrogen-bond acceptors (Lipinski definition) is 4. The first-order valence-electron chi connectivity index (χ1n) is 5.55. The highest BCUT2D eigenvalue weighted by Crippen LogP contribution is 2.21. The van der Waals surface area contributed by atoms with Crippen LogP contribution in [0.5, 0.6) is 0 Å². The van der Waals surface area contributed by atoms with E-state index in [2.05, 4.69) is 0 Å². The van der Waals surface area contributed by atoms with E-state index in [1.165, 1.54) is 0 Å². The van der Waals surface area contributed by atoms with Gasteiger partial charge in [0, 0.05) is 5.69 Å². The Balaban J connectivity index is 2.92. The van der Waals surface area contributed by atoms with Gasteiger partial charge < -0.3 is 16.2 Å². The van der Waals surface area contributed by atoms with Crippen LogP contribution in [0.3, 0.4) is 0 Å². The third-order valence-electron chi connectivity index (χ3n) is 2.30. The monoisotopic (exact) mass is 236 g/mol. The fraction of sp³-hybridized carbons (Fsp3) is 0.462. The number of benzene rings is 1. The number of aryl methyl sites for hydroxylation is 1. The molecule has 1 aromatic carbocycles. The van der Waals surface area contributed by atoms with Gasteiger partial charge in [0.1, 0.15) is 11.6 Å². The average molecular weight is 236 g/mol. The molecule has 0 spiro atoms. The molecule has 4 nitrogen and oxygen atoms in total. The Morgan fingerprint density at radius 1 is 1.35 bits per heavy atom. The summed E-state index contributed by atoms with van der Waals surface area (Å²) in [5.41, 5.74) is 13.3. The van der Waals surface area contributed by atoms with Crippen LogP contribution in [0.2, 0.25) is 0 Å². The lowest BCUT2D eigenvalue weighted by atomic mass is 10.0. The van der Waals surface area contributed by atoms with Crippen LogP contribution in [0.25, 0.3) is 0 Å². The third-order valence-corrected chi connectivity index (χ3v) is 2.30. The summed E-state index contributed by atoms with van der Waals surface area (Å²) in [6.07, 6.45) is 0. The summed E-state index contributed by atoms with van der Waals surface area (Å²) in [6.45, 7) is 7.32. The fourth-order valence-electron chi connectivity index (χ4n) is 1.49. The van der Waals surface area contributed by atoms with Crippen molar-refractivity contribution in [3.63, 3.8) is 0 Å². The van der Waals surface area contributed by atoms with Gasteiger partial charge in [0.25, 0.3) is 0 Å². The van der Waals surface area contributed by atoms with Crippen LogP contribution < -0.4 is 11.5 Å². The summed E-state index contributed by atoms with van der Waals surface area (Å²) in [6, 6.07) is 4.54. The van der Waals surface area contributed by atoms with Gasteiger partial charge in [-0.3, -0.25) is 0 Å². The molecule has 4 N–H and O–H groups in total. The minimum absolute atomic E-state index is 0.439. The number of hydrogen-bond donors (Lipinski definition) is 2. The zero-order valence-corrected chi connectivity index (χ0v) is 10.8. The molecule has 0 fully saturated rings. The maximum atomic E-state index is 11.8. The van der Waals surface area contributed by atoms with Crippen molar-refractivity contribution in [1.82, 2.24) is 0 Å². The lowest BCUT2D eigenvalue weighted by Crippen LogP contribution is -2.32. The van der Waals surface area contributed by atoms with Gasteiger partial charge in [-0.15, -0.1) is 0 Å². The highest BCUT2D eigenvalue weighted by atomic mass is 16.6. The number of anilines is 1. The molecular formula is C13H20N2O2. The molecule has 0 amide bonds. The number of ether oxygens (including phenoxy) is 1. The van der Waals surface area contributed by atoms with E-state index in [0.717, 1.165) is 5.56 Å². The Morgan fingerprint density at radius 2 is 1.94 bits per heavy atom. The van der Waals surface area contributed by atoms with Crippen molar-refractivity contribution < 1.29 is 9.53 Å². The molecule has 4 heteroatoms. The number of nitrogens with two attached hydrogens (primary N) is 2. The smallest absolute Gasteiger partial charge is 0.328 e.